The van der Waals surface area contributed by atoms with Gasteiger partial charge in [-0.15, -0.1) is 0 Å². The number of aliphatic hydroxyl groups excluding tert-OH is 1. The van der Waals surface area contributed by atoms with Crippen LogP contribution in [-0.2, 0) is 4.74 Å². The van der Waals surface area contributed by atoms with Gasteiger partial charge in [-0.25, -0.2) is 9.97 Å². The third kappa shape index (κ3) is 5.30. The average Bonchev–Trinajstić information content (AvgIpc) is 2.58. The third-order valence-electron chi connectivity index (χ3n) is 4.55. The topological polar surface area (TPSA) is 82.5 Å². The summed E-state index contributed by atoms with van der Waals surface area (Å²) in [4.78, 5) is 11.0. The summed E-state index contributed by atoms with van der Waals surface area (Å²) in [5.41, 5.74) is 0. The lowest BCUT2D eigenvalue weighted by Gasteiger charge is -2.27. The van der Waals surface area contributed by atoms with Crippen LogP contribution in [-0.4, -0.2) is 71.5 Å². The molecule has 2 aliphatic rings. The number of rotatable bonds is 6. The number of anilines is 2. The van der Waals surface area contributed by atoms with Crippen LogP contribution in [0.5, 0.6) is 0 Å². The van der Waals surface area contributed by atoms with Gasteiger partial charge in [0.05, 0.1) is 19.3 Å². The van der Waals surface area contributed by atoms with Gasteiger partial charge < -0.3 is 20.5 Å². The fourth-order valence-electron chi connectivity index (χ4n) is 3.13. The Bertz CT molecular complexity index is 473. The van der Waals surface area contributed by atoms with Crippen molar-refractivity contribution in [2.24, 2.45) is 0 Å². The second kappa shape index (κ2) is 8.42. The SMILES string of the molecule is OC1CCC(Nc2cc(NCCN3CCOCC3)ncn2)CC1. The molecule has 2 heterocycles. The molecule has 3 N–H and O–H groups in total. The first-order valence-electron chi connectivity index (χ1n) is 8.60. The van der Waals surface area contributed by atoms with Gasteiger partial charge in [0.15, 0.2) is 0 Å². The van der Waals surface area contributed by atoms with Crippen LogP contribution in [0.1, 0.15) is 25.7 Å². The highest BCUT2D eigenvalue weighted by Gasteiger charge is 2.19. The smallest absolute Gasteiger partial charge is 0.131 e. The van der Waals surface area contributed by atoms with Crippen LogP contribution in [0.15, 0.2) is 12.4 Å². The lowest BCUT2D eigenvalue weighted by atomic mass is 9.93. The number of nitrogens with one attached hydrogen (secondary N) is 2. The Morgan fingerprint density at radius 3 is 2.65 bits per heavy atom. The zero-order valence-corrected chi connectivity index (χ0v) is 13.6. The van der Waals surface area contributed by atoms with E-state index in [0.717, 1.165) is 76.7 Å². The molecule has 0 aromatic carbocycles. The van der Waals surface area contributed by atoms with Crippen LogP contribution in [0, 0.1) is 0 Å². The molecule has 1 aliphatic heterocycles. The summed E-state index contributed by atoms with van der Waals surface area (Å²) in [6.45, 7) is 5.54. The molecule has 1 saturated heterocycles. The predicted molar refractivity (Wildman–Crippen MR) is 89.7 cm³/mol. The first kappa shape index (κ1) is 16.4. The Balaban J connectivity index is 1.43. The maximum Gasteiger partial charge on any atom is 0.131 e. The van der Waals surface area contributed by atoms with Crippen LogP contribution in [0.2, 0.25) is 0 Å². The second-order valence-corrected chi connectivity index (χ2v) is 6.32. The monoisotopic (exact) mass is 321 g/mol. The van der Waals surface area contributed by atoms with Crippen molar-refractivity contribution < 1.29 is 9.84 Å². The highest BCUT2D eigenvalue weighted by atomic mass is 16.5. The molecule has 0 bridgehead atoms. The quantitative estimate of drug-likeness (QED) is 0.719. The van der Waals surface area contributed by atoms with E-state index in [4.69, 9.17) is 4.74 Å². The van der Waals surface area contributed by atoms with Gasteiger partial charge in [0.25, 0.3) is 0 Å². The lowest BCUT2D eigenvalue weighted by Crippen LogP contribution is -2.39. The second-order valence-electron chi connectivity index (χ2n) is 6.32. The Morgan fingerprint density at radius 2 is 1.87 bits per heavy atom. The van der Waals surface area contributed by atoms with Gasteiger partial charge in [-0.1, -0.05) is 0 Å². The molecule has 1 aromatic rings. The zero-order chi connectivity index (χ0) is 15.9. The maximum atomic E-state index is 9.57. The highest BCUT2D eigenvalue weighted by molar-refractivity contribution is 5.46. The lowest BCUT2D eigenvalue weighted by molar-refractivity contribution is 0.0398. The molecule has 1 aromatic heterocycles. The molecule has 2 fully saturated rings. The highest BCUT2D eigenvalue weighted by Crippen LogP contribution is 2.21. The van der Waals surface area contributed by atoms with Crippen molar-refractivity contribution in [1.82, 2.24) is 14.9 Å². The molecular weight excluding hydrogens is 294 g/mol. The first-order valence-corrected chi connectivity index (χ1v) is 8.60. The van der Waals surface area contributed by atoms with Crippen molar-refractivity contribution in [3.63, 3.8) is 0 Å². The largest absolute Gasteiger partial charge is 0.393 e. The molecule has 7 nitrogen and oxygen atoms in total. The van der Waals surface area contributed by atoms with Crippen LogP contribution in [0.4, 0.5) is 11.6 Å². The summed E-state index contributed by atoms with van der Waals surface area (Å²) >= 11 is 0. The van der Waals surface area contributed by atoms with Crippen molar-refractivity contribution in [3.8, 4) is 0 Å². The van der Waals surface area contributed by atoms with Crippen molar-refractivity contribution >= 4 is 11.6 Å². The van der Waals surface area contributed by atoms with Crippen LogP contribution in [0.25, 0.3) is 0 Å². The first-order chi connectivity index (χ1) is 11.3. The summed E-state index contributed by atoms with van der Waals surface area (Å²) in [5.74, 6) is 1.71. The molecule has 0 radical (unpaired) electrons. The zero-order valence-electron chi connectivity index (χ0n) is 13.6. The Hall–Kier alpha value is -1.44. The summed E-state index contributed by atoms with van der Waals surface area (Å²) < 4.78 is 5.35. The van der Waals surface area contributed by atoms with Gasteiger partial charge >= 0.3 is 0 Å². The summed E-state index contributed by atoms with van der Waals surface area (Å²) in [6.07, 6.45) is 5.18. The third-order valence-corrected chi connectivity index (χ3v) is 4.55. The van der Waals surface area contributed by atoms with Crippen molar-refractivity contribution in [2.75, 3.05) is 50.0 Å². The minimum Gasteiger partial charge on any atom is -0.393 e. The molecule has 3 rings (SSSR count). The van der Waals surface area contributed by atoms with E-state index in [2.05, 4.69) is 25.5 Å². The molecule has 7 heteroatoms. The number of morpholine rings is 1. The van der Waals surface area contributed by atoms with E-state index in [-0.39, 0.29) is 6.10 Å². The predicted octanol–water partition coefficient (Wildman–Crippen LogP) is 0.936. The van der Waals surface area contributed by atoms with Crippen molar-refractivity contribution in [3.05, 3.63) is 12.4 Å². The van der Waals surface area contributed by atoms with Crippen molar-refractivity contribution in [2.45, 2.75) is 37.8 Å². The molecule has 1 saturated carbocycles. The fourth-order valence-corrected chi connectivity index (χ4v) is 3.13. The minimum absolute atomic E-state index is 0.129. The van der Waals surface area contributed by atoms with Gasteiger partial charge in [-0.05, 0) is 25.7 Å². The van der Waals surface area contributed by atoms with Gasteiger partial charge in [-0.2, -0.15) is 0 Å². The number of aromatic nitrogens is 2. The molecule has 0 spiro atoms. The number of nitrogens with zero attached hydrogens (tertiary/aromatic N) is 3. The van der Waals surface area contributed by atoms with E-state index in [1.807, 2.05) is 6.07 Å². The van der Waals surface area contributed by atoms with Crippen molar-refractivity contribution in [1.29, 1.82) is 0 Å². The van der Waals surface area contributed by atoms with Crippen LogP contribution in [0.3, 0.4) is 0 Å². The summed E-state index contributed by atoms with van der Waals surface area (Å²) in [7, 11) is 0. The normalized spacial score (nSPS) is 26.0. The summed E-state index contributed by atoms with van der Waals surface area (Å²) in [6, 6.07) is 2.36. The molecule has 0 amide bonds. The molecule has 0 atom stereocenters. The van der Waals surface area contributed by atoms with E-state index in [0.29, 0.717) is 6.04 Å². The molecule has 1 aliphatic carbocycles. The average molecular weight is 321 g/mol. The van der Waals surface area contributed by atoms with E-state index in [1.54, 1.807) is 6.33 Å². The molecule has 0 unspecified atom stereocenters. The van der Waals surface area contributed by atoms with E-state index in [9.17, 15) is 5.11 Å². The standard InChI is InChI=1S/C16H27N5O2/c22-14-3-1-13(2-4-14)20-16-11-15(18-12-19-16)17-5-6-21-7-9-23-10-8-21/h11-14,22H,1-10H2,(H2,17,18,19,20). The maximum absolute atomic E-state index is 9.57. The van der Waals surface area contributed by atoms with Gasteiger partial charge in [0.1, 0.15) is 18.0 Å². The fraction of sp³-hybridized carbons (Fsp3) is 0.750. The Kier molecular flexibility index (Phi) is 6.01. The van der Waals surface area contributed by atoms with E-state index in [1.165, 1.54) is 0 Å². The van der Waals surface area contributed by atoms with E-state index >= 15 is 0 Å². The van der Waals surface area contributed by atoms with Gasteiger partial charge in [-0.3, -0.25) is 4.90 Å². The van der Waals surface area contributed by atoms with E-state index < -0.39 is 0 Å². The Morgan fingerprint density at radius 1 is 1.13 bits per heavy atom. The summed E-state index contributed by atoms with van der Waals surface area (Å²) in [5, 5.41) is 16.4. The molecular formula is C16H27N5O2. The number of ether oxygens (including phenoxy) is 1. The number of aliphatic hydroxyl groups is 1. The van der Waals surface area contributed by atoms with Gasteiger partial charge in [0.2, 0.25) is 0 Å². The molecule has 23 heavy (non-hydrogen) atoms. The minimum atomic E-state index is -0.129. The van der Waals surface area contributed by atoms with Crippen LogP contribution >= 0.6 is 0 Å². The van der Waals surface area contributed by atoms with Crippen LogP contribution < -0.4 is 10.6 Å². The Labute approximate surface area is 137 Å². The molecule has 128 valence electrons. The van der Waals surface area contributed by atoms with Gasteiger partial charge in [0, 0.05) is 38.3 Å². The number of hydrogen-bond donors (Lipinski definition) is 3. The number of hydrogen-bond acceptors (Lipinski definition) is 7.